The smallest absolute Gasteiger partial charge is 0.230 e. The Hall–Kier alpha value is -2.32. The molecule has 1 heterocycles. The first-order chi connectivity index (χ1) is 13.3. The van der Waals surface area contributed by atoms with Gasteiger partial charge >= 0.3 is 0 Å². The van der Waals surface area contributed by atoms with Crippen molar-refractivity contribution < 1.29 is 4.79 Å². The Morgan fingerprint density at radius 1 is 1.15 bits per heavy atom. The molecule has 140 valence electrons. The molecule has 2 aromatic rings. The van der Waals surface area contributed by atoms with Crippen molar-refractivity contribution in [3.05, 3.63) is 58.8 Å². The van der Waals surface area contributed by atoms with Crippen molar-refractivity contribution in [3.8, 4) is 6.07 Å². The highest BCUT2D eigenvalue weighted by Crippen LogP contribution is 2.26. The number of benzene rings is 1. The summed E-state index contributed by atoms with van der Waals surface area (Å²) in [5.41, 5.74) is 4.13. The van der Waals surface area contributed by atoms with E-state index in [0.717, 1.165) is 37.8 Å². The molecule has 0 bridgehead atoms. The number of carbonyl (C=O) groups is 1. The number of nitrogens with one attached hydrogen (secondary N) is 1. The second kappa shape index (κ2) is 10.1. The van der Waals surface area contributed by atoms with E-state index in [1.807, 2.05) is 24.3 Å². The predicted octanol–water partition coefficient (Wildman–Crippen LogP) is 4.06. The molecule has 1 aliphatic rings. The number of fused-ring (bicyclic) bond motifs is 1. The first-order valence-corrected chi connectivity index (χ1v) is 10.6. The number of aryl methyl sites for hydroxylation is 2. The van der Waals surface area contributed by atoms with Crippen LogP contribution in [0.5, 0.6) is 0 Å². The van der Waals surface area contributed by atoms with Gasteiger partial charge in [0.2, 0.25) is 5.91 Å². The maximum Gasteiger partial charge on any atom is 0.230 e. The van der Waals surface area contributed by atoms with Gasteiger partial charge in [0.25, 0.3) is 0 Å². The Labute approximate surface area is 165 Å². The van der Waals surface area contributed by atoms with Crippen LogP contribution in [0.3, 0.4) is 0 Å². The predicted molar refractivity (Wildman–Crippen MR) is 109 cm³/mol. The van der Waals surface area contributed by atoms with Gasteiger partial charge in [-0.15, -0.1) is 0 Å². The molecular formula is C22H25N3OS. The van der Waals surface area contributed by atoms with Crippen LogP contribution >= 0.6 is 11.8 Å². The molecular weight excluding hydrogens is 354 g/mol. The lowest BCUT2D eigenvalue weighted by molar-refractivity contribution is -0.118. The van der Waals surface area contributed by atoms with Crippen LogP contribution < -0.4 is 5.32 Å². The molecule has 0 atom stereocenters. The lowest BCUT2D eigenvalue weighted by Gasteiger charge is -2.15. The average molecular weight is 380 g/mol. The van der Waals surface area contributed by atoms with Crippen LogP contribution in [0.25, 0.3) is 0 Å². The Kier molecular flexibility index (Phi) is 7.29. The van der Waals surface area contributed by atoms with Gasteiger partial charge < -0.3 is 5.32 Å². The molecule has 27 heavy (non-hydrogen) atoms. The average Bonchev–Trinajstić information content (AvgIpc) is 2.68. The quantitative estimate of drug-likeness (QED) is 0.769. The molecule has 4 nitrogen and oxygen atoms in total. The number of nitrogens with zero attached hydrogens (tertiary/aromatic N) is 2. The van der Waals surface area contributed by atoms with Crippen molar-refractivity contribution in [2.75, 3.05) is 12.3 Å². The normalized spacial score (nSPS) is 13.7. The van der Waals surface area contributed by atoms with Crippen molar-refractivity contribution in [2.24, 2.45) is 0 Å². The highest BCUT2D eigenvalue weighted by Gasteiger charge is 2.15. The summed E-state index contributed by atoms with van der Waals surface area (Å²) in [4.78, 5) is 16.9. The molecule has 0 fully saturated rings. The SMILES string of the molecule is N#Cc1cc2c(nc1SCC(=O)NCCc1ccccc1)CCCCCC2. The maximum atomic E-state index is 12.2. The van der Waals surface area contributed by atoms with Gasteiger partial charge in [0.1, 0.15) is 11.1 Å². The van der Waals surface area contributed by atoms with Crippen LogP contribution in [-0.4, -0.2) is 23.2 Å². The summed E-state index contributed by atoms with van der Waals surface area (Å²) in [7, 11) is 0. The molecule has 0 radical (unpaired) electrons. The second-order valence-electron chi connectivity index (χ2n) is 6.85. The fourth-order valence-corrected chi connectivity index (χ4v) is 4.14. The molecule has 3 rings (SSSR count). The summed E-state index contributed by atoms with van der Waals surface area (Å²) in [6, 6.07) is 14.4. The minimum atomic E-state index is -0.0200. The fraction of sp³-hybridized carbons (Fsp3) is 0.409. The molecule has 0 saturated heterocycles. The number of nitriles is 1. The van der Waals surface area contributed by atoms with Gasteiger partial charge in [-0.3, -0.25) is 4.79 Å². The molecule has 1 amide bonds. The van der Waals surface area contributed by atoms with Crippen molar-refractivity contribution in [1.29, 1.82) is 5.26 Å². The van der Waals surface area contributed by atoms with E-state index < -0.39 is 0 Å². The van der Waals surface area contributed by atoms with Crippen LogP contribution in [-0.2, 0) is 24.1 Å². The molecule has 1 N–H and O–H groups in total. The van der Waals surface area contributed by atoms with Gasteiger partial charge in [-0.05, 0) is 49.3 Å². The summed E-state index contributed by atoms with van der Waals surface area (Å²) >= 11 is 1.37. The molecule has 1 aromatic carbocycles. The highest BCUT2D eigenvalue weighted by molar-refractivity contribution is 8.00. The first kappa shape index (κ1) is 19.4. The van der Waals surface area contributed by atoms with Crippen LogP contribution in [0.15, 0.2) is 41.4 Å². The largest absolute Gasteiger partial charge is 0.355 e. The van der Waals surface area contributed by atoms with Crippen LogP contribution in [0.1, 0.15) is 48.1 Å². The van der Waals surface area contributed by atoms with Crippen LogP contribution in [0.2, 0.25) is 0 Å². The fourth-order valence-electron chi connectivity index (χ4n) is 3.33. The molecule has 5 heteroatoms. The van der Waals surface area contributed by atoms with E-state index in [1.165, 1.54) is 35.7 Å². The van der Waals surface area contributed by atoms with E-state index in [-0.39, 0.29) is 11.7 Å². The number of hydrogen-bond acceptors (Lipinski definition) is 4. The van der Waals surface area contributed by atoms with E-state index in [0.29, 0.717) is 17.1 Å². The third-order valence-electron chi connectivity index (χ3n) is 4.80. The van der Waals surface area contributed by atoms with Gasteiger partial charge in [0.05, 0.1) is 11.3 Å². The summed E-state index contributed by atoms with van der Waals surface area (Å²) in [5.74, 6) is 0.267. The number of hydrogen-bond donors (Lipinski definition) is 1. The van der Waals surface area contributed by atoms with Crippen LogP contribution in [0, 0.1) is 11.3 Å². The van der Waals surface area contributed by atoms with Crippen molar-refractivity contribution >= 4 is 17.7 Å². The Balaban J connectivity index is 1.55. The van der Waals surface area contributed by atoms with Gasteiger partial charge in [-0.2, -0.15) is 5.26 Å². The lowest BCUT2D eigenvalue weighted by Crippen LogP contribution is -2.27. The van der Waals surface area contributed by atoms with E-state index in [2.05, 4.69) is 23.5 Å². The third kappa shape index (κ3) is 5.83. The van der Waals surface area contributed by atoms with E-state index in [4.69, 9.17) is 4.98 Å². The second-order valence-corrected chi connectivity index (χ2v) is 7.81. The van der Waals surface area contributed by atoms with Crippen LogP contribution in [0.4, 0.5) is 0 Å². The van der Waals surface area contributed by atoms with Gasteiger partial charge in [-0.25, -0.2) is 4.98 Å². The number of rotatable bonds is 6. The number of aromatic nitrogens is 1. The zero-order chi connectivity index (χ0) is 18.9. The van der Waals surface area contributed by atoms with Gasteiger partial charge in [-0.1, -0.05) is 54.9 Å². The molecule has 1 aliphatic carbocycles. The monoisotopic (exact) mass is 379 g/mol. The zero-order valence-electron chi connectivity index (χ0n) is 15.5. The number of thioether (sulfide) groups is 1. The molecule has 0 spiro atoms. The van der Waals surface area contributed by atoms with Crippen molar-refractivity contribution in [1.82, 2.24) is 10.3 Å². The number of carbonyl (C=O) groups excluding carboxylic acids is 1. The van der Waals surface area contributed by atoms with E-state index in [1.54, 1.807) is 0 Å². The molecule has 1 aromatic heterocycles. The Bertz CT molecular complexity index is 814. The third-order valence-corrected chi connectivity index (χ3v) is 5.80. The van der Waals surface area contributed by atoms with E-state index >= 15 is 0 Å². The van der Waals surface area contributed by atoms with Gasteiger partial charge in [0.15, 0.2) is 0 Å². The Morgan fingerprint density at radius 2 is 1.93 bits per heavy atom. The highest BCUT2D eigenvalue weighted by atomic mass is 32.2. The van der Waals surface area contributed by atoms with E-state index in [9.17, 15) is 10.1 Å². The number of pyridine rings is 1. The van der Waals surface area contributed by atoms with Crippen molar-refractivity contribution in [3.63, 3.8) is 0 Å². The summed E-state index contributed by atoms with van der Waals surface area (Å²) < 4.78 is 0. The number of amides is 1. The van der Waals surface area contributed by atoms with Gasteiger partial charge in [0, 0.05) is 12.2 Å². The maximum absolute atomic E-state index is 12.2. The molecule has 0 saturated carbocycles. The molecule has 0 aliphatic heterocycles. The van der Waals surface area contributed by atoms with Crippen molar-refractivity contribution in [2.45, 2.75) is 50.0 Å². The zero-order valence-corrected chi connectivity index (χ0v) is 16.4. The molecule has 0 unspecified atom stereocenters. The minimum Gasteiger partial charge on any atom is -0.355 e. The standard InChI is InChI=1S/C22H25N3OS/c23-15-19-14-18-10-6-1-2-7-11-20(18)25-22(19)27-16-21(26)24-13-12-17-8-4-3-5-9-17/h3-5,8-9,14H,1-2,6-7,10-13,16H2,(H,24,26). The summed E-state index contributed by atoms with van der Waals surface area (Å²) in [6.45, 7) is 0.617. The summed E-state index contributed by atoms with van der Waals surface area (Å²) in [6.07, 6.45) is 7.60. The first-order valence-electron chi connectivity index (χ1n) is 9.62. The lowest BCUT2D eigenvalue weighted by atomic mass is 9.96. The topological polar surface area (TPSA) is 65.8 Å². The summed E-state index contributed by atoms with van der Waals surface area (Å²) in [5, 5.41) is 13.1. The minimum absolute atomic E-state index is 0.0200. The Morgan fingerprint density at radius 3 is 2.70 bits per heavy atom.